The van der Waals surface area contributed by atoms with E-state index in [1.807, 2.05) is 43.3 Å². The van der Waals surface area contributed by atoms with Crippen molar-refractivity contribution in [2.75, 3.05) is 18.4 Å². The van der Waals surface area contributed by atoms with E-state index in [4.69, 9.17) is 0 Å². The van der Waals surface area contributed by atoms with Crippen molar-refractivity contribution < 1.29 is 4.79 Å². The van der Waals surface area contributed by atoms with Gasteiger partial charge in [0.25, 0.3) is 5.91 Å². The third-order valence-electron chi connectivity index (χ3n) is 4.30. The number of hydrogen-bond donors (Lipinski definition) is 2. The molecule has 0 unspecified atom stereocenters. The van der Waals surface area contributed by atoms with Gasteiger partial charge in [0.05, 0.1) is 0 Å². The van der Waals surface area contributed by atoms with Crippen molar-refractivity contribution >= 4 is 17.4 Å². The van der Waals surface area contributed by atoms with E-state index in [-0.39, 0.29) is 5.91 Å². The van der Waals surface area contributed by atoms with Crippen LogP contribution in [0, 0.1) is 12.8 Å². The second-order valence-corrected chi connectivity index (χ2v) is 7.09. The van der Waals surface area contributed by atoms with E-state index in [0.29, 0.717) is 30.1 Å². The summed E-state index contributed by atoms with van der Waals surface area (Å²) in [7, 11) is 0. The zero-order valence-electron chi connectivity index (χ0n) is 16.1. The van der Waals surface area contributed by atoms with Gasteiger partial charge in [-0.3, -0.25) is 4.79 Å². The first-order chi connectivity index (χ1) is 13.0. The van der Waals surface area contributed by atoms with Crippen LogP contribution in [0.1, 0.15) is 42.0 Å². The zero-order valence-corrected chi connectivity index (χ0v) is 16.1. The van der Waals surface area contributed by atoms with Crippen molar-refractivity contribution in [3.05, 3.63) is 53.3 Å². The molecular weight excluding hydrogens is 340 g/mol. The predicted octanol–water partition coefficient (Wildman–Crippen LogP) is 2.86. The fraction of sp³-hybridized carbons (Fsp3) is 0.400. The molecule has 142 valence electrons. The number of hydrogen-bond acceptors (Lipinski definition) is 5. The number of nitrogens with one attached hydrogen (secondary N) is 2. The van der Waals surface area contributed by atoms with Crippen molar-refractivity contribution in [2.45, 2.75) is 33.6 Å². The Balaban J connectivity index is 1.59. The Hall–Kier alpha value is -2.96. The van der Waals surface area contributed by atoms with Crippen molar-refractivity contribution in [3.8, 4) is 0 Å². The predicted molar refractivity (Wildman–Crippen MR) is 106 cm³/mol. The molecule has 1 aromatic carbocycles. The van der Waals surface area contributed by atoms with E-state index in [1.54, 1.807) is 4.52 Å². The molecule has 2 N–H and O–H groups in total. The van der Waals surface area contributed by atoms with Gasteiger partial charge < -0.3 is 10.6 Å². The van der Waals surface area contributed by atoms with Crippen LogP contribution in [0.15, 0.2) is 36.4 Å². The Kier molecular flexibility index (Phi) is 6.01. The van der Waals surface area contributed by atoms with Crippen LogP contribution in [0.25, 0.3) is 5.65 Å². The quantitative estimate of drug-likeness (QED) is 0.640. The number of rotatable bonds is 8. The molecule has 0 spiro atoms. The number of anilines is 1. The van der Waals surface area contributed by atoms with Gasteiger partial charge in [-0.1, -0.05) is 31.5 Å². The fourth-order valence-electron chi connectivity index (χ4n) is 2.67. The zero-order chi connectivity index (χ0) is 19.2. The molecule has 0 aliphatic heterocycles. The van der Waals surface area contributed by atoms with E-state index in [1.165, 1.54) is 0 Å². The maximum atomic E-state index is 12.2. The molecule has 0 bridgehead atoms. The van der Waals surface area contributed by atoms with Crippen LogP contribution in [0.4, 0.5) is 5.82 Å². The Labute approximate surface area is 159 Å². The van der Waals surface area contributed by atoms with E-state index in [9.17, 15) is 4.79 Å². The molecule has 1 amide bonds. The standard InChI is InChI=1S/C20H26N6O/c1-14(2)10-12-21-17-8-9-18-23-24-19(26(18)25-17)11-13-22-20(27)16-6-4-15(3)5-7-16/h4-9,14H,10-13H2,1-3H3,(H,21,25)(H,22,27). The molecular formula is C20H26N6O. The van der Waals surface area contributed by atoms with Crippen molar-refractivity contribution in [1.29, 1.82) is 0 Å². The lowest BCUT2D eigenvalue weighted by molar-refractivity contribution is 0.0954. The van der Waals surface area contributed by atoms with Crippen molar-refractivity contribution in [2.24, 2.45) is 5.92 Å². The molecule has 7 nitrogen and oxygen atoms in total. The number of fused-ring (bicyclic) bond motifs is 1. The smallest absolute Gasteiger partial charge is 0.251 e. The number of nitrogens with zero attached hydrogens (tertiary/aromatic N) is 4. The van der Waals surface area contributed by atoms with Gasteiger partial charge in [0.1, 0.15) is 5.82 Å². The lowest BCUT2D eigenvalue weighted by Crippen LogP contribution is -2.26. The van der Waals surface area contributed by atoms with Crippen molar-refractivity contribution in [3.63, 3.8) is 0 Å². The van der Waals surface area contributed by atoms with Crippen LogP contribution < -0.4 is 10.6 Å². The number of amides is 1. The minimum atomic E-state index is -0.0900. The largest absolute Gasteiger partial charge is 0.369 e. The minimum Gasteiger partial charge on any atom is -0.369 e. The molecule has 2 heterocycles. The fourth-order valence-corrected chi connectivity index (χ4v) is 2.67. The molecule has 0 atom stereocenters. The maximum Gasteiger partial charge on any atom is 0.251 e. The van der Waals surface area contributed by atoms with Crippen LogP contribution in [-0.2, 0) is 6.42 Å². The summed E-state index contributed by atoms with van der Waals surface area (Å²) >= 11 is 0. The summed E-state index contributed by atoms with van der Waals surface area (Å²) in [6.07, 6.45) is 1.64. The summed E-state index contributed by atoms with van der Waals surface area (Å²) in [6.45, 7) is 7.74. The summed E-state index contributed by atoms with van der Waals surface area (Å²) in [5, 5.41) is 19.2. The Morgan fingerprint density at radius 1 is 1.07 bits per heavy atom. The van der Waals surface area contributed by atoms with Crippen LogP contribution in [0.2, 0.25) is 0 Å². The molecule has 0 aliphatic carbocycles. The average molecular weight is 366 g/mol. The highest BCUT2D eigenvalue weighted by atomic mass is 16.1. The SMILES string of the molecule is Cc1ccc(C(=O)NCCc2nnc3ccc(NCCC(C)C)nn23)cc1. The van der Waals surface area contributed by atoms with Crippen LogP contribution >= 0.6 is 0 Å². The average Bonchev–Trinajstić information content (AvgIpc) is 3.04. The molecule has 3 aromatic rings. The van der Waals surface area contributed by atoms with Crippen LogP contribution in [0.5, 0.6) is 0 Å². The van der Waals surface area contributed by atoms with Gasteiger partial charge >= 0.3 is 0 Å². The van der Waals surface area contributed by atoms with Gasteiger partial charge in [-0.2, -0.15) is 4.52 Å². The Bertz CT molecular complexity index is 900. The van der Waals surface area contributed by atoms with Crippen LogP contribution in [0.3, 0.4) is 0 Å². The highest BCUT2D eigenvalue weighted by Crippen LogP contribution is 2.09. The normalized spacial score (nSPS) is 11.1. The molecule has 7 heteroatoms. The summed E-state index contributed by atoms with van der Waals surface area (Å²) < 4.78 is 1.73. The lowest BCUT2D eigenvalue weighted by atomic mass is 10.1. The van der Waals surface area contributed by atoms with Gasteiger partial charge in [0.2, 0.25) is 0 Å². The summed E-state index contributed by atoms with van der Waals surface area (Å²) in [4.78, 5) is 12.2. The van der Waals surface area contributed by atoms with Crippen LogP contribution in [-0.4, -0.2) is 38.8 Å². The van der Waals surface area contributed by atoms with Gasteiger partial charge in [0, 0.05) is 25.1 Å². The van der Waals surface area contributed by atoms with E-state index < -0.39 is 0 Å². The number of carbonyl (C=O) groups excluding carboxylic acids is 1. The second-order valence-electron chi connectivity index (χ2n) is 7.09. The summed E-state index contributed by atoms with van der Waals surface area (Å²) in [5.41, 5.74) is 2.48. The number of aryl methyl sites for hydroxylation is 1. The molecule has 2 aromatic heterocycles. The first-order valence-electron chi connectivity index (χ1n) is 9.33. The lowest BCUT2D eigenvalue weighted by Gasteiger charge is -2.08. The maximum absolute atomic E-state index is 12.2. The second kappa shape index (κ2) is 8.62. The number of carbonyl (C=O) groups is 1. The van der Waals surface area contributed by atoms with Gasteiger partial charge in [-0.25, -0.2) is 0 Å². The summed E-state index contributed by atoms with van der Waals surface area (Å²) in [6, 6.07) is 11.3. The third kappa shape index (κ3) is 5.03. The first-order valence-corrected chi connectivity index (χ1v) is 9.33. The van der Waals surface area contributed by atoms with Gasteiger partial charge in [0.15, 0.2) is 11.5 Å². The number of benzene rings is 1. The first kappa shape index (κ1) is 18.8. The monoisotopic (exact) mass is 366 g/mol. The molecule has 0 aliphatic rings. The topological polar surface area (TPSA) is 84.2 Å². The van der Waals surface area contributed by atoms with E-state index in [2.05, 4.69) is 39.8 Å². The van der Waals surface area contributed by atoms with Gasteiger partial charge in [-0.15, -0.1) is 15.3 Å². The molecule has 0 saturated carbocycles. The molecule has 0 saturated heterocycles. The van der Waals surface area contributed by atoms with Crippen molar-refractivity contribution in [1.82, 2.24) is 25.1 Å². The highest BCUT2D eigenvalue weighted by Gasteiger charge is 2.09. The minimum absolute atomic E-state index is 0.0900. The van der Waals surface area contributed by atoms with Gasteiger partial charge in [-0.05, 0) is 43.5 Å². The van der Waals surface area contributed by atoms with E-state index in [0.717, 1.165) is 30.2 Å². The third-order valence-corrected chi connectivity index (χ3v) is 4.30. The Morgan fingerprint density at radius 3 is 2.59 bits per heavy atom. The summed E-state index contributed by atoms with van der Waals surface area (Å²) in [5.74, 6) is 2.08. The Morgan fingerprint density at radius 2 is 1.85 bits per heavy atom. The molecule has 0 fully saturated rings. The van der Waals surface area contributed by atoms with E-state index >= 15 is 0 Å². The molecule has 27 heavy (non-hydrogen) atoms. The number of aromatic nitrogens is 4. The molecule has 3 rings (SSSR count). The molecule has 0 radical (unpaired) electrons. The highest BCUT2D eigenvalue weighted by molar-refractivity contribution is 5.94.